The summed E-state index contributed by atoms with van der Waals surface area (Å²) in [5.41, 5.74) is 0.459. The van der Waals surface area contributed by atoms with E-state index < -0.39 is 0 Å². The molecule has 0 amide bonds. The molecule has 3 nitrogen and oxygen atoms in total. The summed E-state index contributed by atoms with van der Waals surface area (Å²) in [5.74, 6) is 0. The fraction of sp³-hybridized carbons (Fsp3) is 1.00. The molecule has 0 bridgehead atoms. The summed E-state index contributed by atoms with van der Waals surface area (Å²) in [5, 5.41) is 3.46. The van der Waals surface area contributed by atoms with Gasteiger partial charge in [-0.3, -0.25) is 4.90 Å². The van der Waals surface area contributed by atoms with Crippen molar-refractivity contribution in [2.75, 3.05) is 39.8 Å². The molecule has 3 heteroatoms. The van der Waals surface area contributed by atoms with Gasteiger partial charge < -0.3 is 10.2 Å². The Hall–Kier alpha value is -0.120. The van der Waals surface area contributed by atoms with Crippen LogP contribution in [0.3, 0.4) is 0 Å². The molecule has 0 aromatic heterocycles. The molecule has 2 heterocycles. The summed E-state index contributed by atoms with van der Waals surface area (Å²) in [4.78, 5) is 5.19. The molecular weight excluding hydrogens is 186 g/mol. The Morgan fingerprint density at radius 3 is 2.47 bits per heavy atom. The minimum absolute atomic E-state index is 0.459. The minimum atomic E-state index is 0.459. The maximum absolute atomic E-state index is 3.46. The van der Waals surface area contributed by atoms with E-state index in [0.717, 1.165) is 0 Å². The van der Waals surface area contributed by atoms with Gasteiger partial charge in [-0.15, -0.1) is 0 Å². The van der Waals surface area contributed by atoms with E-state index >= 15 is 0 Å². The van der Waals surface area contributed by atoms with Crippen molar-refractivity contribution < 1.29 is 0 Å². The number of likely N-dealkylation sites (N-methyl/N-ethyl adjacent to an activating group) is 1. The van der Waals surface area contributed by atoms with Gasteiger partial charge in [-0.1, -0.05) is 0 Å². The first kappa shape index (κ1) is 11.4. The molecule has 1 atom stereocenters. The van der Waals surface area contributed by atoms with Gasteiger partial charge in [-0.25, -0.2) is 0 Å². The normalized spacial score (nSPS) is 34.2. The molecule has 0 saturated carbocycles. The summed E-state index contributed by atoms with van der Waals surface area (Å²) < 4.78 is 0. The first-order chi connectivity index (χ1) is 7.12. The SMILES string of the molecule is C[C@H]1CN(C2(C)CCNCC2)CCN1C. The zero-order valence-electron chi connectivity index (χ0n) is 10.4. The van der Waals surface area contributed by atoms with Crippen LogP contribution in [0.25, 0.3) is 0 Å². The van der Waals surface area contributed by atoms with E-state index in [1.807, 2.05) is 0 Å². The van der Waals surface area contributed by atoms with E-state index in [9.17, 15) is 0 Å². The van der Waals surface area contributed by atoms with Gasteiger partial charge in [0.15, 0.2) is 0 Å². The number of hydrogen-bond donors (Lipinski definition) is 1. The molecule has 2 aliphatic heterocycles. The van der Waals surface area contributed by atoms with Crippen LogP contribution in [0.15, 0.2) is 0 Å². The van der Waals surface area contributed by atoms with Crippen LogP contribution in [0.1, 0.15) is 26.7 Å². The Balaban J connectivity index is 1.97. The fourth-order valence-electron chi connectivity index (χ4n) is 2.82. The van der Waals surface area contributed by atoms with Crippen molar-refractivity contribution in [2.45, 2.75) is 38.3 Å². The van der Waals surface area contributed by atoms with Crippen LogP contribution in [0.4, 0.5) is 0 Å². The number of piperidine rings is 1. The van der Waals surface area contributed by atoms with Crippen molar-refractivity contribution in [2.24, 2.45) is 0 Å². The summed E-state index contributed by atoms with van der Waals surface area (Å²) in [6.07, 6.45) is 2.62. The van der Waals surface area contributed by atoms with Crippen molar-refractivity contribution in [1.29, 1.82) is 0 Å². The van der Waals surface area contributed by atoms with Crippen LogP contribution >= 0.6 is 0 Å². The van der Waals surface area contributed by atoms with Gasteiger partial charge in [-0.05, 0) is 46.8 Å². The lowest BCUT2D eigenvalue weighted by Gasteiger charge is -2.49. The molecule has 2 rings (SSSR count). The number of nitrogens with zero attached hydrogens (tertiary/aromatic N) is 2. The van der Waals surface area contributed by atoms with Crippen LogP contribution in [0.2, 0.25) is 0 Å². The van der Waals surface area contributed by atoms with E-state index in [0.29, 0.717) is 11.6 Å². The summed E-state index contributed by atoms with van der Waals surface area (Å²) in [6, 6.07) is 0.713. The number of hydrogen-bond acceptors (Lipinski definition) is 3. The lowest BCUT2D eigenvalue weighted by atomic mass is 9.87. The minimum Gasteiger partial charge on any atom is -0.317 e. The van der Waals surface area contributed by atoms with E-state index in [-0.39, 0.29) is 0 Å². The van der Waals surface area contributed by atoms with Crippen LogP contribution in [-0.4, -0.2) is 61.2 Å². The fourth-order valence-corrected chi connectivity index (χ4v) is 2.82. The van der Waals surface area contributed by atoms with Crippen LogP contribution < -0.4 is 5.32 Å². The quantitative estimate of drug-likeness (QED) is 0.691. The zero-order chi connectivity index (χ0) is 10.9. The molecule has 0 aromatic rings. The predicted molar refractivity (Wildman–Crippen MR) is 64.2 cm³/mol. The second-order valence-electron chi connectivity index (χ2n) is 5.52. The Bertz CT molecular complexity index is 211. The molecule has 2 aliphatic rings. The van der Waals surface area contributed by atoms with Gasteiger partial charge in [0.05, 0.1) is 0 Å². The molecule has 0 radical (unpaired) electrons. The van der Waals surface area contributed by atoms with Gasteiger partial charge in [0, 0.05) is 31.2 Å². The van der Waals surface area contributed by atoms with E-state index in [1.165, 1.54) is 45.6 Å². The third-order valence-electron chi connectivity index (χ3n) is 4.40. The predicted octanol–water partition coefficient (Wildman–Crippen LogP) is 0.764. The van der Waals surface area contributed by atoms with Gasteiger partial charge >= 0.3 is 0 Å². The van der Waals surface area contributed by atoms with E-state index in [2.05, 4.69) is 36.0 Å². The first-order valence-corrected chi connectivity index (χ1v) is 6.28. The molecular formula is C12H25N3. The molecule has 2 fully saturated rings. The van der Waals surface area contributed by atoms with Crippen LogP contribution in [0.5, 0.6) is 0 Å². The standard InChI is InChI=1S/C12H25N3/c1-11-10-15(9-8-14(11)3)12(2)4-6-13-7-5-12/h11,13H,4-10H2,1-3H3/t11-/m0/s1. The highest BCUT2D eigenvalue weighted by atomic mass is 15.3. The van der Waals surface area contributed by atoms with Crippen molar-refractivity contribution in [3.63, 3.8) is 0 Å². The van der Waals surface area contributed by atoms with Gasteiger partial charge in [0.2, 0.25) is 0 Å². The maximum Gasteiger partial charge on any atom is 0.0206 e. The van der Waals surface area contributed by atoms with Crippen LogP contribution in [0, 0.1) is 0 Å². The van der Waals surface area contributed by atoms with E-state index in [1.54, 1.807) is 0 Å². The van der Waals surface area contributed by atoms with Crippen molar-refractivity contribution in [3.8, 4) is 0 Å². The molecule has 0 aliphatic carbocycles. The molecule has 0 unspecified atom stereocenters. The largest absolute Gasteiger partial charge is 0.317 e. The lowest BCUT2D eigenvalue weighted by Crippen LogP contribution is -2.60. The van der Waals surface area contributed by atoms with Crippen molar-refractivity contribution >= 4 is 0 Å². The molecule has 0 aromatic carbocycles. The third-order valence-corrected chi connectivity index (χ3v) is 4.40. The number of nitrogens with one attached hydrogen (secondary N) is 1. The van der Waals surface area contributed by atoms with E-state index in [4.69, 9.17) is 0 Å². The highest BCUT2D eigenvalue weighted by Gasteiger charge is 2.36. The van der Waals surface area contributed by atoms with Gasteiger partial charge in [0.1, 0.15) is 0 Å². The molecule has 0 spiro atoms. The molecule has 15 heavy (non-hydrogen) atoms. The summed E-state index contributed by atoms with van der Waals surface area (Å²) in [7, 11) is 2.24. The van der Waals surface area contributed by atoms with Gasteiger partial charge in [0.25, 0.3) is 0 Å². The Morgan fingerprint density at radius 1 is 1.20 bits per heavy atom. The monoisotopic (exact) mass is 211 g/mol. The molecule has 1 N–H and O–H groups in total. The summed E-state index contributed by atoms with van der Waals surface area (Å²) in [6.45, 7) is 10.9. The first-order valence-electron chi connectivity index (χ1n) is 6.28. The smallest absolute Gasteiger partial charge is 0.0206 e. The second kappa shape index (κ2) is 4.40. The Labute approximate surface area is 93.8 Å². The maximum atomic E-state index is 3.46. The Kier molecular flexibility index (Phi) is 3.33. The summed E-state index contributed by atoms with van der Waals surface area (Å²) >= 11 is 0. The number of piperazine rings is 1. The zero-order valence-corrected chi connectivity index (χ0v) is 10.4. The van der Waals surface area contributed by atoms with Crippen LogP contribution in [-0.2, 0) is 0 Å². The molecule has 2 saturated heterocycles. The second-order valence-corrected chi connectivity index (χ2v) is 5.52. The number of rotatable bonds is 1. The lowest BCUT2D eigenvalue weighted by molar-refractivity contribution is 0.00712. The highest BCUT2D eigenvalue weighted by Crippen LogP contribution is 2.27. The third kappa shape index (κ3) is 2.35. The Morgan fingerprint density at radius 2 is 1.87 bits per heavy atom. The average molecular weight is 211 g/mol. The highest BCUT2D eigenvalue weighted by molar-refractivity contribution is 4.94. The van der Waals surface area contributed by atoms with Crippen molar-refractivity contribution in [3.05, 3.63) is 0 Å². The topological polar surface area (TPSA) is 18.5 Å². The van der Waals surface area contributed by atoms with Crippen molar-refractivity contribution in [1.82, 2.24) is 15.1 Å². The average Bonchev–Trinajstić information content (AvgIpc) is 2.23. The van der Waals surface area contributed by atoms with Gasteiger partial charge in [-0.2, -0.15) is 0 Å². The molecule has 88 valence electrons.